The van der Waals surface area contributed by atoms with Crippen LogP contribution < -0.4 is 5.32 Å². The van der Waals surface area contributed by atoms with Crippen LogP contribution in [0.3, 0.4) is 0 Å². The molecule has 1 saturated heterocycles. The highest BCUT2D eigenvalue weighted by Crippen LogP contribution is 2.26. The van der Waals surface area contributed by atoms with E-state index in [1.165, 1.54) is 46.7 Å². The van der Waals surface area contributed by atoms with Crippen molar-refractivity contribution >= 4 is 16.1 Å². The quantitative estimate of drug-likeness (QED) is 0.834. The smallest absolute Gasteiger partial charge is 0.281 e. The first kappa shape index (κ1) is 20.3. The third-order valence-corrected chi connectivity index (χ3v) is 7.78. The van der Waals surface area contributed by atoms with Gasteiger partial charge in [0.15, 0.2) is 0 Å². The summed E-state index contributed by atoms with van der Waals surface area (Å²) >= 11 is 0. The van der Waals surface area contributed by atoms with Crippen molar-refractivity contribution in [2.24, 2.45) is 5.92 Å². The molecule has 150 valence electrons. The number of aryl methyl sites for hydroxylation is 2. The molecule has 3 rings (SSSR count). The SMILES string of the molecule is C[C@@H](NC(=O)C1CCN(S(=O)(=O)N(C)C)CC1)c1ccc2c(c1)CCCC2. The van der Waals surface area contributed by atoms with Crippen LogP contribution in [0.15, 0.2) is 18.2 Å². The Kier molecular flexibility index (Phi) is 6.23. The van der Waals surface area contributed by atoms with Crippen LogP contribution in [0.2, 0.25) is 0 Å². The van der Waals surface area contributed by atoms with Crippen molar-refractivity contribution in [3.63, 3.8) is 0 Å². The van der Waals surface area contributed by atoms with Crippen molar-refractivity contribution in [2.75, 3.05) is 27.2 Å². The number of piperidine rings is 1. The van der Waals surface area contributed by atoms with Gasteiger partial charge in [-0.1, -0.05) is 18.2 Å². The van der Waals surface area contributed by atoms with Crippen LogP contribution in [-0.2, 0) is 27.8 Å². The molecule has 2 aliphatic rings. The van der Waals surface area contributed by atoms with Crippen LogP contribution >= 0.6 is 0 Å². The molecule has 1 atom stereocenters. The average Bonchev–Trinajstić information content (AvgIpc) is 2.67. The first-order chi connectivity index (χ1) is 12.8. The van der Waals surface area contributed by atoms with Crippen LogP contribution in [0.1, 0.15) is 55.3 Å². The van der Waals surface area contributed by atoms with Gasteiger partial charge in [0, 0.05) is 33.1 Å². The summed E-state index contributed by atoms with van der Waals surface area (Å²) in [5.41, 5.74) is 4.01. The highest BCUT2D eigenvalue weighted by atomic mass is 32.2. The van der Waals surface area contributed by atoms with E-state index in [9.17, 15) is 13.2 Å². The molecule has 27 heavy (non-hydrogen) atoms. The third-order valence-electron chi connectivity index (χ3n) is 5.84. The lowest BCUT2D eigenvalue weighted by atomic mass is 9.89. The van der Waals surface area contributed by atoms with E-state index in [1.54, 1.807) is 0 Å². The first-order valence-electron chi connectivity index (χ1n) is 9.88. The topological polar surface area (TPSA) is 69.7 Å². The molecular formula is C20H31N3O3S. The largest absolute Gasteiger partial charge is 0.349 e. The molecule has 6 nitrogen and oxygen atoms in total. The van der Waals surface area contributed by atoms with E-state index in [0.717, 1.165) is 18.4 Å². The summed E-state index contributed by atoms with van der Waals surface area (Å²) in [4.78, 5) is 12.7. The maximum Gasteiger partial charge on any atom is 0.281 e. The van der Waals surface area contributed by atoms with E-state index in [1.807, 2.05) is 6.92 Å². The Morgan fingerprint density at radius 2 is 1.78 bits per heavy atom. The minimum atomic E-state index is -3.39. The molecular weight excluding hydrogens is 362 g/mol. The van der Waals surface area contributed by atoms with E-state index >= 15 is 0 Å². The van der Waals surface area contributed by atoms with Gasteiger partial charge in [0.1, 0.15) is 0 Å². The number of carbonyl (C=O) groups excluding carboxylic acids is 1. The number of hydrogen-bond donors (Lipinski definition) is 1. The number of hydrogen-bond acceptors (Lipinski definition) is 3. The van der Waals surface area contributed by atoms with Gasteiger partial charge < -0.3 is 5.32 Å². The minimum absolute atomic E-state index is 0.0297. The second-order valence-corrected chi connectivity index (χ2v) is 10.1. The highest BCUT2D eigenvalue weighted by Gasteiger charge is 2.32. The fraction of sp³-hybridized carbons (Fsp3) is 0.650. The number of fused-ring (bicyclic) bond motifs is 1. The number of nitrogens with one attached hydrogen (secondary N) is 1. The van der Waals surface area contributed by atoms with Gasteiger partial charge in [0.2, 0.25) is 5.91 Å². The zero-order valence-electron chi connectivity index (χ0n) is 16.6. The van der Waals surface area contributed by atoms with Crippen molar-refractivity contribution in [2.45, 2.75) is 51.5 Å². The molecule has 0 saturated carbocycles. The normalized spacial score (nSPS) is 20.3. The van der Waals surface area contributed by atoms with Crippen molar-refractivity contribution in [1.82, 2.24) is 13.9 Å². The predicted octanol–water partition coefficient (Wildman–Crippen LogP) is 2.26. The van der Waals surface area contributed by atoms with Gasteiger partial charge in [-0.2, -0.15) is 17.0 Å². The summed E-state index contributed by atoms with van der Waals surface area (Å²) in [7, 11) is -0.317. The minimum Gasteiger partial charge on any atom is -0.349 e. The number of benzene rings is 1. The van der Waals surface area contributed by atoms with Gasteiger partial charge in [-0.15, -0.1) is 0 Å². The summed E-state index contributed by atoms with van der Waals surface area (Å²) in [6.45, 7) is 2.81. The van der Waals surface area contributed by atoms with E-state index in [4.69, 9.17) is 0 Å². The van der Waals surface area contributed by atoms with E-state index in [-0.39, 0.29) is 17.9 Å². The summed E-state index contributed by atoms with van der Waals surface area (Å²) in [6, 6.07) is 6.54. The zero-order valence-corrected chi connectivity index (χ0v) is 17.4. The van der Waals surface area contributed by atoms with E-state index < -0.39 is 10.2 Å². The molecule has 1 amide bonds. The molecule has 0 radical (unpaired) electrons. The maximum absolute atomic E-state index is 12.7. The Balaban J connectivity index is 1.57. The zero-order chi connectivity index (χ0) is 19.6. The van der Waals surface area contributed by atoms with Gasteiger partial charge in [-0.05, 0) is 62.1 Å². The monoisotopic (exact) mass is 393 g/mol. The highest BCUT2D eigenvalue weighted by molar-refractivity contribution is 7.86. The molecule has 7 heteroatoms. The van der Waals surface area contributed by atoms with Crippen LogP contribution in [0, 0.1) is 5.92 Å². The van der Waals surface area contributed by atoms with Gasteiger partial charge in [-0.25, -0.2) is 0 Å². The molecule has 1 aromatic carbocycles. The molecule has 1 aromatic rings. The summed E-state index contributed by atoms with van der Waals surface area (Å²) in [5, 5.41) is 3.13. The molecule has 0 unspecified atom stereocenters. The molecule has 1 aliphatic carbocycles. The fourth-order valence-corrected chi connectivity index (χ4v) is 5.15. The summed E-state index contributed by atoms with van der Waals surface area (Å²) in [5.74, 6) is -0.0965. The molecule has 1 aliphatic heterocycles. The van der Waals surface area contributed by atoms with Gasteiger partial charge in [0.05, 0.1) is 6.04 Å². The Hall–Kier alpha value is -1.44. The number of amides is 1. The van der Waals surface area contributed by atoms with Crippen molar-refractivity contribution in [3.05, 3.63) is 34.9 Å². The van der Waals surface area contributed by atoms with E-state index in [0.29, 0.717) is 25.9 Å². The van der Waals surface area contributed by atoms with Crippen molar-refractivity contribution in [1.29, 1.82) is 0 Å². The summed E-state index contributed by atoms with van der Waals surface area (Å²) < 4.78 is 27.1. The fourth-order valence-electron chi connectivity index (χ4n) is 4.02. The summed E-state index contributed by atoms with van der Waals surface area (Å²) in [6.07, 6.45) is 5.92. The van der Waals surface area contributed by atoms with Gasteiger partial charge in [0.25, 0.3) is 10.2 Å². The second-order valence-electron chi connectivity index (χ2n) is 7.93. The Morgan fingerprint density at radius 1 is 1.15 bits per heavy atom. The van der Waals surface area contributed by atoms with E-state index in [2.05, 4.69) is 23.5 Å². The lowest BCUT2D eigenvalue weighted by molar-refractivity contribution is -0.126. The average molecular weight is 394 g/mol. The second kappa shape index (κ2) is 8.29. The van der Waals surface area contributed by atoms with Crippen molar-refractivity contribution in [3.8, 4) is 0 Å². The third kappa shape index (κ3) is 4.52. The first-order valence-corrected chi connectivity index (χ1v) is 11.3. The lowest BCUT2D eigenvalue weighted by Crippen LogP contribution is -2.47. The number of nitrogens with zero attached hydrogens (tertiary/aromatic N) is 2. The molecule has 1 N–H and O–H groups in total. The van der Waals surface area contributed by atoms with Gasteiger partial charge in [-0.3, -0.25) is 4.79 Å². The van der Waals surface area contributed by atoms with Crippen LogP contribution in [-0.4, -0.2) is 50.1 Å². The molecule has 0 spiro atoms. The maximum atomic E-state index is 12.7. The molecule has 0 aromatic heterocycles. The Bertz CT molecular complexity index is 784. The molecule has 0 bridgehead atoms. The van der Waals surface area contributed by atoms with Gasteiger partial charge >= 0.3 is 0 Å². The Labute approximate surface area is 163 Å². The predicted molar refractivity (Wildman–Crippen MR) is 107 cm³/mol. The standard InChI is InChI=1S/C20H31N3O3S/c1-15(18-9-8-16-6-4-5-7-19(16)14-18)21-20(24)17-10-12-23(13-11-17)27(25,26)22(2)3/h8-9,14-15,17H,4-7,10-13H2,1-3H3,(H,21,24)/t15-/m1/s1. The molecule has 1 fully saturated rings. The molecule has 1 heterocycles. The van der Waals surface area contributed by atoms with Crippen LogP contribution in [0.4, 0.5) is 0 Å². The van der Waals surface area contributed by atoms with Crippen LogP contribution in [0.5, 0.6) is 0 Å². The lowest BCUT2D eigenvalue weighted by Gasteiger charge is -2.32. The van der Waals surface area contributed by atoms with Crippen LogP contribution in [0.25, 0.3) is 0 Å². The number of rotatable bonds is 5. The number of carbonyl (C=O) groups is 1. The Morgan fingerprint density at radius 3 is 2.41 bits per heavy atom. The van der Waals surface area contributed by atoms with Crippen molar-refractivity contribution < 1.29 is 13.2 Å².